The van der Waals surface area contributed by atoms with Crippen molar-refractivity contribution < 1.29 is 4.74 Å². The summed E-state index contributed by atoms with van der Waals surface area (Å²) < 4.78 is 7.55. The van der Waals surface area contributed by atoms with Gasteiger partial charge in [0.2, 0.25) is 0 Å². The molecular formula is C15H18N4O. The van der Waals surface area contributed by atoms with Crippen LogP contribution in [0.4, 0.5) is 0 Å². The van der Waals surface area contributed by atoms with Crippen LogP contribution < -0.4 is 10.5 Å². The molecule has 2 aromatic rings. The van der Waals surface area contributed by atoms with E-state index in [2.05, 4.69) is 21.9 Å². The first-order valence-electron chi connectivity index (χ1n) is 6.53. The van der Waals surface area contributed by atoms with Gasteiger partial charge in [-0.25, -0.2) is 9.67 Å². The topological polar surface area (TPSA) is 66.0 Å². The average Bonchev–Trinajstić information content (AvgIpc) is 2.91. The van der Waals surface area contributed by atoms with E-state index in [4.69, 9.17) is 10.5 Å². The number of rotatable bonds is 4. The molecule has 1 aromatic carbocycles. The van der Waals surface area contributed by atoms with Crippen molar-refractivity contribution in [3.05, 3.63) is 41.5 Å². The molecule has 0 saturated heterocycles. The molecule has 20 heavy (non-hydrogen) atoms. The second-order valence-corrected chi connectivity index (χ2v) is 4.26. The van der Waals surface area contributed by atoms with Crippen LogP contribution in [0.15, 0.2) is 24.5 Å². The van der Waals surface area contributed by atoms with Crippen LogP contribution >= 0.6 is 0 Å². The maximum Gasteiger partial charge on any atom is 0.164 e. The molecule has 2 N–H and O–H groups in total. The number of benzene rings is 1. The predicted octanol–water partition coefficient (Wildman–Crippen LogP) is 1.50. The first-order chi connectivity index (χ1) is 9.74. The summed E-state index contributed by atoms with van der Waals surface area (Å²) in [4.78, 5) is 4.17. The molecule has 0 spiro atoms. The van der Waals surface area contributed by atoms with E-state index < -0.39 is 0 Å². The molecule has 5 heteroatoms. The van der Waals surface area contributed by atoms with E-state index in [0.29, 0.717) is 13.2 Å². The van der Waals surface area contributed by atoms with Crippen LogP contribution in [0, 0.1) is 18.8 Å². The second-order valence-electron chi connectivity index (χ2n) is 4.26. The maximum absolute atomic E-state index is 5.74. The maximum atomic E-state index is 5.74. The molecule has 1 aromatic heterocycles. The Kier molecular flexibility index (Phi) is 4.75. The van der Waals surface area contributed by atoms with E-state index in [9.17, 15) is 0 Å². The van der Waals surface area contributed by atoms with Crippen molar-refractivity contribution in [1.82, 2.24) is 14.8 Å². The summed E-state index contributed by atoms with van der Waals surface area (Å²) >= 11 is 0. The summed E-state index contributed by atoms with van der Waals surface area (Å²) in [6.07, 6.45) is 1.54. The smallest absolute Gasteiger partial charge is 0.164 e. The highest BCUT2D eigenvalue weighted by Crippen LogP contribution is 2.17. The van der Waals surface area contributed by atoms with Gasteiger partial charge in [-0.1, -0.05) is 11.8 Å². The van der Waals surface area contributed by atoms with Crippen molar-refractivity contribution in [3.8, 4) is 17.6 Å². The third-order valence-electron chi connectivity index (χ3n) is 2.89. The fourth-order valence-corrected chi connectivity index (χ4v) is 1.82. The zero-order chi connectivity index (χ0) is 14.4. The lowest BCUT2D eigenvalue weighted by molar-refractivity contribution is 0.287. The van der Waals surface area contributed by atoms with Crippen LogP contribution in [0.3, 0.4) is 0 Å². The van der Waals surface area contributed by atoms with Gasteiger partial charge in [0.05, 0.1) is 6.54 Å². The number of ether oxygens (including phenoxy) is 1. The van der Waals surface area contributed by atoms with E-state index in [-0.39, 0.29) is 0 Å². The minimum Gasteiger partial charge on any atom is -0.486 e. The minimum atomic E-state index is 0.365. The van der Waals surface area contributed by atoms with Gasteiger partial charge in [0.15, 0.2) is 5.82 Å². The Balaban J connectivity index is 2.05. The fourth-order valence-electron chi connectivity index (χ4n) is 1.82. The van der Waals surface area contributed by atoms with E-state index in [1.165, 1.54) is 0 Å². The summed E-state index contributed by atoms with van der Waals surface area (Å²) in [5.74, 6) is 7.49. The molecule has 0 saturated carbocycles. The van der Waals surface area contributed by atoms with Gasteiger partial charge in [-0.3, -0.25) is 0 Å². The van der Waals surface area contributed by atoms with Crippen molar-refractivity contribution in [1.29, 1.82) is 0 Å². The first kappa shape index (κ1) is 14.1. The van der Waals surface area contributed by atoms with Crippen LogP contribution in [0.5, 0.6) is 5.75 Å². The Morgan fingerprint density at radius 3 is 2.95 bits per heavy atom. The van der Waals surface area contributed by atoms with Crippen molar-refractivity contribution in [2.45, 2.75) is 27.0 Å². The molecule has 0 fully saturated rings. The van der Waals surface area contributed by atoms with Gasteiger partial charge in [0.1, 0.15) is 18.7 Å². The first-order valence-corrected chi connectivity index (χ1v) is 6.53. The molecular weight excluding hydrogens is 252 g/mol. The SMILES string of the molecule is CCn1ncnc1COc1ccc(C#CCN)c(C)c1. The van der Waals surface area contributed by atoms with Crippen molar-refractivity contribution >= 4 is 0 Å². The van der Waals surface area contributed by atoms with Gasteiger partial charge in [-0.15, -0.1) is 0 Å². The molecule has 1 heterocycles. The Bertz CT molecular complexity index is 637. The highest BCUT2D eigenvalue weighted by molar-refractivity contribution is 5.44. The fraction of sp³-hybridized carbons (Fsp3) is 0.333. The molecule has 0 amide bonds. The normalized spacial score (nSPS) is 9.95. The Morgan fingerprint density at radius 2 is 2.25 bits per heavy atom. The molecule has 0 unspecified atom stereocenters. The van der Waals surface area contributed by atoms with Crippen molar-refractivity contribution in [3.63, 3.8) is 0 Å². The molecule has 104 valence electrons. The predicted molar refractivity (Wildman–Crippen MR) is 77.1 cm³/mol. The zero-order valence-corrected chi connectivity index (χ0v) is 11.8. The highest BCUT2D eigenvalue weighted by Gasteiger charge is 2.04. The van der Waals surface area contributed by atoms with Crippen LogP contribution in [-0.2, 0) is 13.2 Å². The summed E-state index contributed by atoms with van der Waals surface area (Å²) in [5, 5.41) is 4.11. The van der Waals surface area contributed by atoms with Crippen LogP contribution in [0.1, 0.15) is 23.9 Å². The minimum absolute atomic E-state index is 0.365. The molecule has 0 aliphatic carbocycles. The molecule has 5 nitrogen and oxygen atoms in total. The molecule has 0 atom stereocenters. The molecule has 0 aliphatic rings. The van der Waals surface area contributed by atoms with Gasteiger partial charge in [-0.2, -0.15) is 5.10 Å². The molecule has 0 radical (unpaired) electrons. The molecule has 0 aliphatic heterocycles. The number of aryl methyl sites for hydroxylation is 2. The third kappa shape index (κ3) is 3.37. The van der Waals surface area contributed by atoms with Crippen LogP contribution in [0.25, 0.3) is 0 Å². The van der Waals surface area contributed by atoms with Gasteiger partial charge in [0.25, 0.3) is 0 Å². The Hall–Kier alpha value is -2.32. The Labute approximate surface area is 118 Å². The van der Waals surface area contributed by atoms with Crippen LogP contribution in [0.2, 0.25) is 0 Å². The summed E-state index contributed by atoms with van der Waals surface area (Å²) in [6, 6.07) is 5.81. The van der Waals surface area contributed by atoms with Gasteiger partial charge >= 0.3 is 0 Å². The third-order valence-corrected chi connectivity index (χ3v) is 2.89. The lowest BCUT2D eigenvalue weighted by Crippen LogP contribution is -2.07. The summed E-state index contributed by atoms with van der Waals surface area (Å²) in [6.45, 7) is 5.58. The lowest BCUT2D eigenvalue weighted by Gasteiger charge is -2.08. The number of aromatic nitrogens is 3. The van der Waals surface area contributed by atoms with Crippen molar-refractivity contribution in [2.75, 3.05) is 6.54 Å². The number of nitrogens with zero attached hydrogens (tertiary/aromatic N) is 3. The number of nitrogens with two attached hydrogens (primary N) is 1. The van der Waals surface area contributed by atoms with Crippen LogP contribution in [-0.4, -0.2) is 21.3 Å². The van der Waals surface area contributed by atoms with E-state index in [1.54, 1.807) is 6.33 Å². The monoisotopic (exact) mass is 270 g/mol. The van der Waals surface area contributed by atoms with Gasteiger partial charge in [-0.05, 0) is 37.6 Å². The largest absolute Gasteiger partial charge is 0.486 e. The average molecular weight is 270 g/mol. The quantitative estimate of drug-likeness (QED) is 0.855. The van der Waals surface area contributed by atoms with Gasteiger partial charge in [0, 0.05) is 12.1 Å². The van der Waals surface area contributed by atoms with E-state index in [0.717, 1.165) is 29.2 Å². The number of hydrogen-bond acceptors (Lipinski definition) is 4. The van der Waals surface area contributed by atoms with E-state index >= 15 is 0 Å². The number of hydrogen-bond donors (Lipinski definition) is 1. The second kappa shape index (κ2) is 6.73. The summed E-state index contributed by atoms with van der Waals surface area (Å²) in [7, 11) is 0. The highest BCUT2D eigenvalue weighted by atomic mass is 16.5. The molecule has 2 rings (SSSR count). The Morgan fingerprint density at radius 1 is 1.40 bits per heavy atom. The standard InChI is InChI=1S/C15H18N4O/c1-3-19-15(17-11-18-19)10-20-14-7-6-13(5-4-8-16)12(2)9-14/h6-7,9,11H,3,8,10,16H2,1-2H3. The van der Waals surface area contributed by atoms with E-state index in [1.807, 2.05) is 36.7 Å². The molecule has 0 bridgehead atoms. The zero-order valence-electron chi connectivity index (χ0n) is 11.8. The lowest BCUT2D eigenvalue weighted by atomic mass is 10.1. The van der Waals surface area contributed by atoms with Crippen molar-refractivity contribution in [2.24, 2.45) is 5.73 Å². The summed E-state index contributed by atoms with van der Waals surface area (Å²) in [5.41, 5.74) is 7.41. The van der Waals surface area contributed by atoms with Gasteiger partial charge < -0.3 is 10.5 Å².